The first kappa shape index (κ1) is 14.0. The summed E-state index contributed by atoms with van der Waals surface area (Å²) in [6, 6.07) is 9.04. The molecule has 1 aromatic rings. The fraction of sp³-hybridized carbons (Fsp3) is 0.533. The molecule has 1 aromatic carbocycles. The minimum atomic E-state index is -0.559. The third-order valence-electron chi connectivity index (χ3n) is 3.69. The maximum Gasteiger partial charge on any atom is 0.237 e. The Morgan fingerprint density at radius 2 is 2.00 bits per heavy atom. The number of rotatable bonds is 4. The van der Waals surface area contributed by atoms with E-state index >= 15 is 0 Å². The van der Waals surface area contributed by atoms with Crippen molar-refractivity contribution in [2.24, 2.45) is 5.73 Å². The molecular formula is C15H22N2O2. The van der Waals surface area contributed by atoms with Crippen LogP contribution < -0.4 is 11.1 Å². The van der Waals surface area contributed by atoms with Crippen LogP contribution in [0.3, 0.4) is 0 Å². The van der Waals surface area contributed by atoms with Crippen molar-refractivity contribution in [3.8, 4) is 0 Å². The van der Waals surface area contributed by atoms with Crippen molar-refractivity contribution in [1.82, 2.24) is 5.32 Å². The van der Waals surface area contributed by atoms with Crippen molar-refractivity contribution < 1.29 is 9.90 Å². The molecule has 0 aromatic heterocycles. The quantitative estimate of drug-likeness (QED) is 0.757. The molecule has 4 N–H and O–H groups in total. The van der Waals surface area contributed by atoms with E-state index in [2.05, 4.69) is 5.32 Å². The van der Waals surface area contributed by atoms with E-state index in [1.165, 1.54) is 0 Å². The first-order chi connectivity index (χ1) is 9.16. The molecule has 1 saturated carbocycles. The molecule has 0 bridgehead atoms. The van der Waals surface area contributed by atoms with E-state index in [0.29, 0.717) is 6.42 Å². The average molecular weight is 262 g/mol. The molecule has 0 radical (unpaired) electrons. The molecule has 1 aliphatic rings. The average Bonchev–Trinajstić information content (AvgIpc) is 2.42. The van der Waals surface area contributed by atoms with Crippen LogP contribution in [-0.2, 0) is 11.2 Å². The third kappa shape index (κ3) is 4.04. The van der Waals surface area contributed by atoms with E-state index in [-0.39, 0.29) is 11.9 Å². The van der Waals surface area contributed by atoms with E-state index in [1.807, 2.05) is 30.3 Å². The number of nitrogens with one attached hydrogen (secondary N) is 1. The Morgan fingerprint density at radius 1 is 1.32 bits per heavy atom. The van der Waals surface area contributed by atoms with Gasteiger partial charge in [-0.25, -0.2) is 0 Å². The second-order valence-electron chi connectivity index (χ2n) is 5.26. The predicted molar refractivity (Wildman–Crippen MR) is 74.5 cm³/mol. The van der Waals surface area contributed by atoms with Gasteiger partial charge in [-0.15, -0.1) is 0 Å². The van der Waals surface area contributed by atoms with Gasteiger partial charge in [-0.1, -0.05) is 43.2 Å². The van der Waals surface area contributed by atoms with Gasteiger partial charge in [-0.05, 0) is 24.8 Å². The lowest BCUT2D eigenvalue weighted by molar-refractivity contribution is -0.124. The summed E-state index contributed by atoms with van der Waals surface area (Å²) < 4.78 is 0. The van der Waals surface area contributed by atoms with Crippen LogP contribution in [0.15, 0.2) is 30.3 Å². The lowest BCUT2D eigenvalue weighted by Gasteiger charge is -2.29. The number of aliphatic hydroxyl groups is 1. The van der Waals surface area contributed by atoms with Gasteiger partial charge in [0.2, 0.25) is 5.91 Å². The number of amides is 1. The van der Waals surface area contributed by atoms with Crippen molar-refractivity contribution in [2.75, 3.05) is 0 Å². The van der Waals surface area contributed by atoms with Crippen molar-refractivity contribution in [3.63, 3.8) is 0 Å². The number of hydrogen-bond donors (Lipinski definition) is 3. The zero-order valence-corrected chi connectivity index (χ0v) is 11.1. The zero-order valence-electron chi connectivity index (χ0n) is 11.1. The topological polar surface area (TPSA) is 75.4 Å². The van der Waals surface area contributed by atoms with E-state index in [1.54, 1.807) is 0 Å². The second-order valence-corrected chi connectivity index (χ2v) is 5.26. The molecule has 0 spiro atoms. The number of carbonyl (C=O) groups is 1. The van der Waals surface area contributed by atoms with Gasteiger partial charge >= 0.3 is 0 Å². The molecule has 4 nitrogen and oxygen atoms in total. The van der Waals surface area contributed by atoms with Crippen molar-refractivity contribution in [3.05, 3.63) is 35.9 Å². The van der Waals surface area contributed by atoms with Gasteiger partial charge in [-0.2, -0.15) is 0 Å². The standard InChI is InChI=1S/C15H22N2O2/c16-12(10-11-6-2-1-3-7-11)15(19)17-13-8-4-5-9-14(13)18/h1-3,6-7,12-14,18H,4-5,8-10,16H2,(H,17,19)/t12-,13?,14?/m0/s1. The first-order valence-electron chi connectivity index (χ1n) is 6.95. The summed E-state index contributed by atoms with van der Waals surface area (Å²) in [5.74, 6) is -0.171. The van der Waals surface area contributed by atoms with Crippen LogP contribution in [0.25, 0.3) is 0 Å². The van der Waals surface area contributed by atoms with Crippen LogP contribution in [-0.4, -0.2) is 29.2 Å². The third-order valence-corrected chi connectivity index (χ3v) is 3.69. The smallest absolute Gasteiger partial charge is 0.237 e. The Labute approximate surface area is 114 Å². The molecule has 1 aliphatic carbocycles. The fourth-order valence-corrected chi connectivity index (χ4v) is 2.53. The summed E-state index contributed by atoms with van der Waals surface area (Å²) in [7, 11) is 0. The summed E-state index contributed by atoms with van der Waals surface area (Å²) >= 11 is 0. The fourth-order valence-electron chi connectivity index (χ4n) is 2.53. The van der Waals surface area contributed by atoms with Crippen LogP contribution >= 0.6 is 0 Å². The Bertz CT molecular complexity index is 408. The highest BCUT2D eigenvalue weighted by Crippen LogP contribution is 2.18. The first-order valence-corrected chi connectivity index (χ1v) is 6.95. The molecule has 19 heavy (non-hydrogen) atoms. The Morgan fingerprint density at radius 3 is 2.68 bits per heavy atom. The van der Waals surface area contributed by atoms with Crippen LogP contribution in [0.4, 0.5) is 0 Å². The van der Waals surface area contributed by atoms with Crippen molar-refractivity contribution in [1.29, 1.82) is 0 Å². The van der Waals surface area contributed by atoms with E-state index in [0.717, 1.165) is 31.2 Å². The van der Waals surface area contributed by atoms with E-state index < -0.39 is 12.1 Å². The summed E-state index contributed by atoms with van der Waals surface area (Å²) in [6.07, 6.45) is 3.78. The normalized spacial score (nSPS) is 24.7. The number of carbonyl (C=O) groups excluding carboxylic acids is 1. The van der Waals surface area contributed by atoms with Gasteiger partial charge in [0.05, 0.1) is 18.2 Å². The zero-order chi connectivity index (χ0) is 13.7. The monoisotopic (exact) mass is 262 g/mol. The number of nitrogens with two attached hydrogens (primary N) is 1. The highest BCUT2D eigenvalue weighted by Gasteiger charge is 2.26. The maximum atomic E-state index is 12.0. The van der Waals surface area contributed by atoms with Gasteiger partial charge in [-0.3, -0.25) is 4.79 Å². The summed E-state index contributed by atoms with van der Waals surface area (Å²) in [4.78, 5) is 12.0. The summed E-state index contributed by atoms with van der Waals surface area (Å²) in [6.45, 7) is 0. The molecule has 4 heteroatoms. The highest BCUT2D eigenvalue weighted by atomic mass is 16.3. The van der Waals surface area contributed by atoms with Crippen molar-refractivity contribution in [2.45, 2.75) is 50.3 Å². The second kappa shape index (κ2) is 6.68. The molecule has 1 amide bonds. The lowest BCUT2D eigenvalue weighted by Crippen LogP contribution is -2.51. The van der Waals surface area contributed by atoms with E-state index in [9.17, 15) is 9.90 Å². The van der Waals surface area contributed by atoms with Crippen LogP contribution in [0.1, 0.15) is 31.2 Å². The molecule has 3 atom stereocenters. The predicted octanol–water partition coefficient (Wildman–Crippen LogP) is 0.976. The molecular weight excluding hydrogens is 240 g/mol. The number of benzene rings is 1. The Kier molecular flexibility index (Phi) is 4.93. The molecule has 2 rings (SSSR count). The Hall–Kier alpha value is -1.39. The summed E-state index contributed by atoms with van der Waals surface area (Å²) in [5, 5.41) is 12.7. The molecule has 1 fully saturated rings. The van der Waals surface area contributed by atoms with Gasteiger partial charge in [0.1, 0.15) is 0 Å². The van der Waals surface area contributed by atoms with Crippen LogP contribution in [0.5, 0.6) is 0 Å². The van der Waals surface area contributed by atoms with Gasteiger partial charge in [0.25, 0.3) is 0 Å². The molecule has 2 unspecified atom stereocenters. The summed E-state index contributed by atoms with van der Waals surface area (Å²) in [5.41, 5.74) is 6.97. The number of hydrogen-bond acceptors (Lipinski definition) is 3. The van der Waals surface area contributed by atoms with Gasteiger partial charge < -0.3 is 16.2 Å². The highest BCUT2D eigenvalue weighted by molar-refractivity contribution is 5.82. The molecule has 0 saturated heterocycles. The van der Waals surface area contributed by atoms with E-state index in [4.69, 9.17) is 5.73 Å². The van der Waals surface area contributed by atoms with Crippen LogP contribution in [0, 0.1) is 0 Å². The largest absolute Gasteiger partial charge is 0.391 e. The number of aliphatic hydroxyl groups excluding tert-OH is 1. The maximum absolute atomic E-state index is 12.0. The van der Waals surface area contributed by atoms with Gasteiger partial charge in [0.15, 0.2) is 0 Å². The molecule has 0 heterocycles. The minimum absolute atomic E-state index is 0.136. The minimum Gasteiger partial charge on any atom is -0.391 e. The van der Waals surface area contributed by atoms with Gasteiger partial charge in [0, 0.05) is 0 Å². The molecule has 0 aliphatic heterocycles. The van der Waals surface area contributed by atoms with Crippen LogP contribution in [0.2, 0.25) is 0 Å². The van der Waals surface area contributed by atoms with Crippen molar-refractivity contribution >= 4 is 5.91 Å². The lowest BCUT2D eigenvalue weighted by atomic mass is 9.92. The Balaban J connectivity index is 1.85. The molecule has 104 valence electrons. The SMILES string of the molecule is N[C@@H](Cc1ccccc1)C(=O)NC1CCCCC1O.